The third-order valence-corrected chi connectivity index (χ3v) is 4.68. The number of rotatable bonds is 3. The summed E-state index contributed by atoms with van der Waals surface area (Å²) in [7, 11) is 0. The molecular formula is C15H19ClN2O2. The number of benzene rings is 1. The summed E-state index contributed by atoms with van der Waals surface area (Å²) < 4.78 is 5.54. The van der Waals surface area contributed by atoms with Crippen LogP contribution in [-0.2, 0) is 4.79 Å². The van der Waals surface area contributed by atoms with Crippen molar-refractivity contribution in [1.29, 1.82) is 0 Å². The normalized spacial score (nSPS) is 28.5. The van der Waals surface area contributed by atoms with E-state index in [2.05, 4.69) is 12.2 Å². The third kappa shape index (κ3) is 2.63. The van der Waals surface area contributed by atoms with Crippen molar-refractivity contribution in [2.24, 2.45) is 11.8 Å². The number of hydrogen-bond donors (Lipinski definition) is 1. The minimum atomic E-state index is 0.0712. The van der Waals surface area contributed by atoms with Gasteiger partial charge in [0.2, 0.25) is 0 Å². The van der Waals surface area contributed by atoms with Crippen LogP contribution in [0, 0.1) is 11.8 Å². The molecule has 4 nitrogen and oxygen atoms in total. The molecule has 2 saturated heterocycles. The number of ether oxygens (including phenoxy) is 1. The molecule has 0 aromatic heterocycles. The second-order valence-electron chi connectivity index (χ2n) is 5.61. The van der Waals surface area contributed by atoms with Crippen LogP contribution in [0.15, 0.2) is 24.3 Å². The van der Waals surface area contributed by atoms with Gasteiger partial charge < -0.3 is 15.0 Å². The van der Waals surface area contributed by atoms with Gasteiger partial charge in [-0.15, -0.1) is 0 Å². The molecule has 108 valence electrons. The first-order chi connectivity index (χ1) is 9.65. The first kappa shape index (κ1) is 13.7. The van der Waals surface area contributed by atoms with Gasteiger partial charge in [-0.1, -0.05) is 11.6 Å². The number of carbonyl (C=O) groups is 1. The van der Waals surface area contributed by atoms with Gasteiger partial charge in [-0.25, -0.2) is 0 Å². The lowest BCUT2D eigenvalue weighted by molar-refractivity contribution is -0.134. The van der Waals surface area contributed by atoms with E-state index < -0.39 is 0 Å². The molecule has 2 fully saturated rings. The van der Waals surface area contributed by atoms with Crippen molar-refractivity contribution in [1.82, 2.24) is 10.2 Å². The second kappa shape index (κ2) is 5.62. The molecule has 1 aromatic rings. The summed E-state index contributed by atoms with van der Waals surface area (Å²) in [5, 5.41) is 4.06. The predicted octanol–water partition coefficient (Wildman–Crippen LogP) is 1.79. The Hall–Kier alpha value is -1.26. The fourth-order valence-corrected chi connectivity index (χ4v) is 3.38. The number of fused-ring (bicyclic) bond motifs is 1. The SMILES string of the molecule is CC1C2CNCC2CN1C(=O)COc1ccc(Cl)cc1. The monoisotopic (exact) mass is 294 g/mol. The van der Waals surface area contributed by atoms with Gasteiger partial charge in [0.05, 0.1) is 0 Å². The van der Waals surface area contributed by atoms with E-state index in [1.54, 1.807) is 24.3 Å². The third-order valence-electron chi connectivity index (χ3n) is 4.43. The predicted molar refractivity (Wildman–Crippen MR) is 78.0 cm³/mol. The molecule has 3 atom stereocenters. The summed E-state index contributed by atoms with van der Waals surface area (Å²) >= 11 is 5.81. The molecule has 2 aliphatic rings. The summed E-state index contributed by atoms with van der Waals surface area (Å²) in [5.41, 5.74) is 0. The number of halogens is 1. The van der Waals surface area contributed by atoms with E-state index in [9.17, 15) is 4.79 Å². The Morgan fingerprint density at radius 3 is 2.85 bits per heavy atom. The van der Waals surface area contributed by atoms with E-state index in [4.69, 9.17) is 16.3 Å². The molecule has 0 spiro atoms. The van der Waals surface area contributed by atoms with Crippen LogP contribution in [-0.4, -0.2) is 43.1 Å². The van der Waals surface area contributed by atoms with Crippen LogP contribution in [0.5, 0.6) is 5.75 Å². The molecule has 20 heavy (non-hydrogen) atoms. The molecule has 1 aromatic carbocycles. The first-order valence-electron chi connectivity index (χ1n) is 7.03. The van der Waals surface area contributed by atoms with E-state index in [0.29, 0.717) is 28.6 Å². The van der Waals surface area contributed by atoms with Crippen LogP contribution in [0.4, 0.5) is 0 Å². The zero-order valence-electron chi connectivity index (χ0n) is 11.5. The Kier molecular flexibility index (Phi) is 3.85. The van der Waals surface area contributed by atoms with Gasteiger partial charge in [-0.05, 0) is 43.0 Å². The molecule has 1 amide bonds. The molecule has 0 saturated carbocycles. The van der Waals surface area contributed by atoms with Gasteiger partial charge >= 0.3 is 0 Å². The first-order valence-corrected chi connectivity index (χ1v) is 7.41. The zero-order chi connectivity index (χ0) is 14.1. The molecule has 2 heterocycles. The second-order valence-corrected chi connectivity index (χ2v) is 6.05. The minimum Gasteiger partial charge on any atom is -0.484 e. The molecule has 3 unspecified atom stereocenters. The van der Waals surface area contributed by atoms with Crippen molar-refractivity contribution in [3.8, 4) is 5.75 Å². The summed E-state index contributed by atoms with van der Waals surface area (Å²) in [6.07, 6.45) is 0. The van der Waals surface area contributed by atoms with Gasteiger partial charge in [-0.3, -0.25) is 4.79 Å². The highest BCUT2D eigenvalue weighted by atomic mass is 35.5. The van der Waals surface area contributed by atoms with Crippen molar-refractivity contribution in [3.63, 3.8) is 0 Å². The van der Waals surface area contributed by atoms with Crippen LogP contribution in [0.2, 0.25) is 5.02 Å². The Balaban J connectivity index is 1.56. The van der Waals surface area contributed by atoms with Gasteiger partial charge in [0, 0.05) is 30.7 Å². The van der Waals surface area contributed by atoms with Crippen LogP contribution >= 0.6 is 11.6 Å². The van der Waals surface area contributed by atoms with Crippen molar-refractivity contribution in [2.75, 3.05) is 26.2 Å². The highest BCUT2D eigenvalue weighted by molar-refractivity contribution is 6.30. The van der Waals surface area contributed by atoms with Crippen LogP contribution in [0.25, 0.3) is 0 Å². The lowest BCUT2D eigenvalue weighted by Crippen LogP contribution is -2.40. The van der Waals surface area contributed by atoms with E-state index in [-0.39, 0.29) is 12.5 Å². The van der Waals surface area contributed by atoms with Gasteiger partial charge in [0.1, 0.15) is 5.75 Å². The van der Waals surface area contributed by atoms with Crippen molar-refractivity contribution in [2.45, 2.75) is 13.0 Å². The van der Waals surface area contributed by atoms with Crippen molar-refractivity contribution < 1.29 is 9.53 Å². The van der Waals surface area contributed by atoms with Crippen molar-refractivity contribution in [3.05, 3.63) is 29.3 Å². The maximum Gasteiger partial charge on any atom is 0.260 e. The highest BCUT2D eigenvalue weighted by Gasteiger charge is 2.43. The Labute approximate surface area is 124 Å². The van der Waals surface area contributed by atoms with E-state index >= 15 is 0 Å². The average Bonchev–Trinajstić information content (AvgIpc) is 3.01. The molecule has 0 aliphatic carbocycles. The van der Waals surface area contributed by atoms with Gasteiger partial charge in [-0.2, -0.15) is 0 Å². The lowest BCUT2D eigenvalue weighted by atomic mass is 9.95. The Morgan fingerprint density at radius 2 is 2.15 bits per heavy atom. The maximum atomic E-state index is 12.3. The molecular weight excluding hydrogens is 276 g/mol. The zero-order valence-corrected chi connectivity index (χ0v) is 12.3. The maximum absolute atomic E-state index is 12.3. The molecule has 5 heteroatoms. The van der Waals surface area contributed by atoms with Crippen LogP contribution in [0.3, 0.4) is 0 Å². The number of carbonyl (C=O) groups excluding carboxylic acids is 1. The van der Waals surface area contributed by atoms with Crippen LogP contribution in [0.1, 0.15) is 6.92 Å². The Morgan fingerprint density at radius 1 is 1.40 bits per heavy atom. The van der Waals surface area contributed by atoms with Crippen LogP contribution < -0.4 is 10.1 Å². The quantitative estimate of drug-likeness (QED) is 0.924. The summed E-state index contributed by atoms with van der Waals surface area (Å²) in [5.74, 6) is 1.94. The van der Waals surface area contributed by atoms with E-state index in [1.165, 1.54) is 0 Å². The smallest absolute Gasteiger partial charge is 0.260 e. The number of hydrogen-bond acceptors (Lipinski definition) is 3. The average molecular weight is 295 g/mol. The minimum absolute atomic E-state index is 0.0712. The molecule has 1 N–H and O–H groups in total. The largest absolute Gasteiger partial charge is 0.484 e. The fraction of sp³-hybridized carbons (Fsp3) is 0.533. The highest BCUT2D eigenvalue weighted by Crippen LogP contribution is 2.32. The Bertz CT molecular complexity index is 491. The number of nitrogens with one attached hydrogen (secondary N) is 1. The number of likely N-dealkylation sites (tertiary alicyclic amines) is 1. The molecule has 0 radical (unpaired) electrons. The van der Waals surface area contributed by atoms with Gasteiger partial charge in [0.15, 0.2) is 6.61 Å². The molecule has 2 aliphatic heterocycles. The number of amides is 1. The van der Waals surface area contributed by atoms with Gasteiger partial charge in [0.25, 0.3) is 5.91 Å². The molecule has 3 rings (SSSR count). The summed E-state index contributed by atoms with van der Waals surface area (Å²) in [6.45, 7) is 5.13. The lowest BCUT2D eigenvalue weighted by Gasteiger charge is -2.24. The fourth-order valence-electron chi connectivity index (χ4n) is 3.26. The molecule has 0 bridgehead atoms. The summed E-state index contributed by atoms with van der Waals surface area (Å²) in [4.78, 5) is 14.2. The van der Waals surface area contributed by atoms with Crippen molar-refractivity contribution >= 4 is 17.5 Å². The van der Waals surface area contributed by atoms with E-state index in [0.717, 1.165) is 19.6 Å². The van der Waals surface area contributed by atoms with E-state index in [1.807, 2.05) is 4.90 Å². The summed E-state index contributed by atoms with van der Waals surface area (Å²) in [6, 6.07) is 7.38. The topological polar surface area (TPSA) is 41.6 Å². The standard InChI is InChI=1S/C15H19ClN2O2/c1-10-14-7-17-6-11(14)8-18(10)15(19)9-20-13-4-2-12(16)3-5-13/h2-5,10-11,14,17H,6-9H2,1H3. The number of nitrogens with zero attached hydrogens (tertiary/aromatic N) is 1.